The third kappa shape index (κ3) is 2.95. The number of aromatic amines is 1. The van der Waals surface area contributed by atoms with Gasteiger partial charge in [0.25, 0.3) is 5.56 Å². The zero-order valence-electron chi connectivity index (χ0n) is 8.91. The normalized spacial score (nSPS) is 12.2. The number of aromatic nitrogens is 2. The lowest BCUT2D eigenvalue weighted by atomic mass is 10.2. The Bertz CT molecular complexity index is 363. The van der Waals surface area contributed by atoms with E-state index in [0.717, 1.165) is 6.42 Å². The maximum Gasteiger partial charge on any atom is 0.295 e. The van der Waals surface area contributed by atoms with E-state index >= 15 is 0 Å². The number of nitrogens with one attached hydrogen (secondary N) is 2. The number of nitrogens with zero attached hydrogens (tertiary/aromatic N) is 1. The summed E-state index contributed by atoms with van der Waals surface area (Å²) >= 11 is 0. The number of hydrogen-bond donors (Lipinski definition) is 3. The van der Waals surface area contributed by atoms with Crippen LogP contribution < -0.4 is 21.3 Å². The SMILES string of the molecule is COc1c(NC(C)CCN)nc[nH]c1=O. The molecule has 1 aromatic rings. The number of methoxy groups -OCH3 is 1. The smallest absolute Gasteiger partial charge is 0.295 e. The van der Waals surface area contributed by atoms with Crippen LogP contribution in [-0.2, 0) is 0 Å². The van der Waals surface area contributed by atoms with Crippen molar-refractivity contribution in [3.8, 4) is 5.75 Å². The first-order chi connectivity index (χ1) is 7.19. The van der Waals surface area contributed by atoms with Crippen molar-refractivity contribution in [3.63, 3.8) is 0 Å². The zero-order valence-corrected chi connectivity index (χ0v) is 8.91. The van der Waals surface area contributed by atoms with Gasteiger partial charge in [0.05, 0.1) is 13.4 Å². The van der Waals surface area contributed by atoms with Gasteiger partial charge >= 0.3 is 0 Å². The van der Waals surface area contributed by atoms with E-state index in [1.54, 1.807) is 0 Å². The Morgan fingerprint density at radius 1 is 1.73 bits per heavy atom. The van der Waals surface area contributed by atoms with Crippen LogP contribution in [0.4, 0.5) is 5.82 Å². The van der Waals surface area contributed by atoms with Crippen LogP contribution in [0.1, 0.15) is 13.3 Å². The fourth-order valence-corrected chi connectivity index (χ4v) is 1.23. The summed E-state index contributed by atoms with van der Waals surface area (Å²) in [4.78, 5) is 17.8. The molecule has 0 fully saturated rings. The van der Waals surface area contributed by atoms with Crippen molar-refractivity contribution >= 4 is 5.82 Å². The number of hydrogen-bond acceptors (Lipinski definition) is 5. The minimum Gasteiger partial charge on any atom is -0.489 e. The molecular weight excluding hydrogens is 196 g/mol. The molecule has 0 bridgehead atoms. The molecular formula is C9H16N4O2. The second-order valence-corrected chi connectivity index (χ2v) is 3.24. The summed E-state index contributed by atoms with van der Waals surface area (Å²) in [6.45, 7) is 2.55. The largest absolute Gasteiger partial charge is 0.489 e. The predicted octanol–water partition coefficient (Wildman–Crippen LogP) is -0.0723. The van der Waals surface area contributed by atoms with E-state index in [0.29, 0.717) is 12.4 Å². The van der Waals surface area contributed by atoms with Crippen molar-refractivity contribution in [3.05, 3.63) is 16.7 Å². The number of ether oxygens (including phenoxy) is 1. The fourth-order valence-electron chi connectivity index (χ4n) is 1.23. The van der Waals surface area contributed by atoms with Crippen LogP contribution in [0.5, 0.6) is 5.75 Å². The van der Waals surface area contributed by atoms with Gasteiger partial charge in [0.2, 0.25) is 5.75 Å². The molecule has 0 aliphatic rings. The Hall–Kier alpha value is -1.56. The molecule has 0 amide bonds. The molecule has 1 atom stereocenters. The van der Waals surface area contributed by atoms with Crippen LogP contribution in [0, 0.1) is 0 Å². The Morgan fingerprint density at radius 2 is 2.47 bits per heavy atom. The van der Waals surface area contributed by atoms with Crippen molar-refractivity contribution in [2.75, 3.05) is 19.0 Å². The van der Waals surface area contributed by atoms with E-state index in [-0.39, 0.29) is 17.4 Å². The van der Waals surface area contributed by atoms with Gasteiger partial charge in [0.1, 0.15) is 0 Å². The van der Waals surface area contributed by atoms with Crippen LogP contribution in [-0.4, -0.2) is 29.7 Å². The average molecular weight is 212 g/mol. The van der Waals surface area contributed by atoms with Gasteiger partial charge in [-0.2, -0.15) is 0 Å². The summed E-state index contributed by atoms with van der Waals surface area (Å²) in [7, 11) is 1.44. The molecule has 0 saturated carbocycles. The number of H-pyrrole nitrogens is 1. The first-order valence-electron chi connectivity index (χ1n) is 4.77. The maximum atomic E-state index is 11.3. The summed E-state index contributed by atoms with van der Waals surface area (Å²) in [5, 5.41) is 3.07. The molecule has 15 heavy (non-hydrogen) atoms. The lowest BCUT2D eigenvalue weighted by molar-refractivity contribution is 0.407. The lowest BCUT2D eigenvalue weighted by Gasteiger charge is -2.14. The third-order valence-corrected chi connectivity index (χ3v) is 2.00. The van der Waals surface area contributed by atoms with Crippen LogP contribution in [0.25, 0.3) is 0 Å². The van der Waals surface area contributed by atoms with Gasteiger partial charge in [-0.1, -0.05) is 0 Å². The topological polar surface area (TPSA) is 93.0 Å². The number of anilines is 1. The van der Waals surface area contributed by atoms with E-state index in [2.05, 4.69) is 15.3 Å². The Balaban J connectivity index is 2.84. The van der Waals surface area contributed by atoms with Crippen molar-refractivity contribution < 1.29 is 4.74 Å². The monoisotopic (exact) mass is 212 g/mol. The molecule has 1 unspecified atom stereocenters. The van der Waals surface area contributed by atoms with Gasteiger partial charge in [-0.25, -0.2) is 4.98 Å². The molecule has 1 aromatic heterocycles. The maximum absolute atomic E-state index is 11.3. The van der Waals surface area contributed by atoms with E-state index in [1.807, 2.05) is 6.92 Å². The molecule has 0 saturated heterocycles. The molecule has 0 spiro atoms. The molecule has 0 radical (unpaired) electrons. The first-order valence-corrected chi connectivity index (χ1v) is 4.77. The molecule has 4 N–H and O–H groups in total. The fraction of sp³-hybridized carbons (Fsp3) is 0.556. The Morgan fingerprint density at radius 3 is 3.07 bits per heavy atom. The van der Waals surface area contributed by atoms with Crippen LogP contribution >= 0.6 is 0 Å². The Kier molecular flexibility index (Phi) is 4.11. The average Bonchev–Trinajstić information content (AvgIpc) is 2.18. The van der Waals surface area contributed by atoms with Gasteiger partial charge in [-0.3, -0.25) is 4.79 Å². The van der Waals surface area contributed by atoms with Gasteiger partial charge in [-0.15, -0.1) is 0 Å². The van der Waals surface area contributed by atoms with E-state index < -0.39 is 0 Å². The molecule has 0 aliphatic carbocycles. The second kappa shape index (κ2) is 5.35. The molecule has 1 heterocycles. The first kappa shape index (κ1) is 11.5. The van der Waals surface area contributed by atoms with Gasteiger partial charge in [-0.05, 0) is 19.9 Å². The highest BCUT2D eigenvalue weighted by Gasteiger charge is 2.10. The van der Waals surface area contributed by atoms with Crippen molar-refractivity contribution in [2.45, 2.75) is 19.4 Å². The Labute approximate surface area is 87.9 Å². The minimum atomic E-state index is -0.296. The highest BCUT2D eigenvalue weighted by atomic mass is 16.5. The predicted molar refractivity (Wildman–Crippen MR) is 58.2 cm³/mol. The molecule has 1 rings (SSSR count). The third-order valence-electron chi connectivity index (χ3n) is 2.00. The van der Waals surface area contributed by atoms with Crippen LogP contribution in [0.2, 0.25) is 0 Å². The molecule has 0 aliphatic heterocycles. The van der Waals surface area contributed by atoms with Crippen molar-refractivity contribution in [2.24, 2.45) is 5.73 Å². The minimum absolute atomic E-state index is 0.151. The summed E-state index contributed by atoms with van der Waals surface area (Å²) in [5.41, 5.74) is 5.13. The van der Waals surface area contributed by atoms with E-state index in [9.17, 15) is 4.79 Å². The molecule has 0 aromatic carbocycles. The molecule has 6 nitrogen and oxygen atoms in total. The van der Waals surface area contributed by atoms with Crippen LogP contribution in [0.3, 0.4) is 0 Å². The number of nitrogens with two attached hydrogens (primary N) is 1. The van der Waals surface area contributed by atoms with E-state index in [1.165, 1.54) is 13.4 Å². The van der Waals surface area contributed by atoms with Gasteiger partial charge in [0, 0.05) is 6.04 Å². The van der Waals surface area contributed by atoms with Crippen LogP contribution in [0.15, 0.2) is 11.1 Å². The molecule has 84 valence electrons. The van der Waals surface area contributed by atoms with Crippen molar-refractivity contribution in [1.82, 2.24) is 9.97 Å². The van der Waals surface area contributed by atoms with Crippen molar-refractivity contribution in [1.29, 1.82) is 0 Å². The summed E-state index contributed by atoms with van der Waals surface area (Å²) in [6.07, 6.45) is 2.14. The molecule has 6 heteroatoms. The summed E-state index contributed by atoms with van der Waals surface area (Å²) in [5.74, 6) is 0.642. The highest BCUT2D eigenvalue weighted by Crippen LogP contribution is 2.15. The quantitative estimate of drug-likeness (QED) is 0.635. The summed E-state index contributed by atoms with van der Waals surface area (Å²) < 4.78 is 4.96. The standard InChI is InChI=1S/C9H16N4O2/c1-6(3-4-10)13-8-7(15-2)9(14)12-5-11-8/h5-6H,3-4,10H2,1-2H3,(H2,11,12,13,14). The zero-order chi connectivity index (χ0) is 11.3. The highest BCUT2D eigenvalue weighted by molar-refractivity contribution is 5.48. The second-order valence-electron chi connectivity index (χ2n) is 3.24. The summed E-state index contributed by atoms with van der Waals surface area (Å²) in [6, 6.07) is 0.151. The van der Waals surface area contributed by atoms with Gasteiger partial charge < -0.3 is 20.8 Å². The van der Waals surface area contributed by atoms with E-state index in [4.69, 9.17) is 10.5 Å². The number of rotatable bonds is 5. The van der Waals surface area contributed by atoms with Gasteiger partial charge in [0.15, 0.2) is 5.82 Å². The lowest BCUT2D eigenvalue weighted by Crippen LogP contribution is -2.22.